The Hall–Kier alpha value is -0.0400. The maximum Gasteiger partial charge on any atom is 0.00952 e. The molecule has 0 aromatic heterocycles. The van der Waals surface area contributed by atoms with Crippen molar-refractivity contribution in [3.63, 3.8) is 0 Å². The molecule has 0 bridgehead atoms. The maximum atomic E-state index is 3.90. The molecule has 0 aliphatic heterocycles. The first-order chi connectivity index (χ1) is 7.27. The molecule has 0 heterocycles. The fraction of sp³-hybridized carbons (Fsp3) is 1.00. The van der Waals surface area contributed by atoms with Crippen molar-refractivity contribution in [1.82, 2.24) is 5.32 Å². The summed E-state index contributed by atoms with van der Waals surface area (Å²) in [7, 11) is 0. The van der Waals surface area contributed by atoms with E-state index in [9.17, 15) is 0 Å². The van der Waals surface area contributed by atoms with Crippen molar-refractivity contribution < 1.29 is 0 Å². The van der Waals surface area contributed by atoms with Crippen LogP contribution in [0.2, 0.25) is 0 Å². The van der Waals surface area contributed by atoms with Crippen LogP contribution in [0.5, 0.6) is 0 Å². The molecule has 2 saturated carbocycles. The zero-order valence-corrected chi connectivity index (χ0v) is 10.5. The molecule has 0 saturated heterocycles. The van der Waals surface area contributed by atoms with Crippen molar-refractivity contribution in [2.75, 3.05) is 0 Å². The number of hydrogen-bond donors (Lipinski definition) is 1. The highest BCUT2D eigenvalue weighted by Gasteiger charge is 2.27. The summed E-state index contributed by atoms with van der Waals surface area (Å²) in [6.45, 7) is 4.83. The molecule has 0 radical (unpaired) electrons. The zero-order valence-electron chi connectivity index (χ0n) is 10.5. The van der Waals surface area contributed by atoms with E-state index in [1.165, 1.54) is 51.4 Å². The molecule has 0 spiro atoms. The van der Waals surface area contributed by atoms with E-state index in [0.717, 1.165) is 23.9 Å². The van der Waals surface area contributed by atoms with Crippen LogP contribution in [0.15, 0.2) is 0 Å². The summed E-state index contributed by atoms with van der Waals surface area (Å²) in [4.78, 5) is 0. The van der Waals surface area contributed by atoms with Crippen molar-refractivity contribution in [2.24, 2.45) is 11.8 Å². The first kappa shape index (κ1) is 11.4. The van der Waals surface area contributed by atoms with Crippen molar-refractivity contribution in [2.45, 2.75) is 77.3 Å². The highest BCUT2D eigenvalue weighted by atomic mass is 15.0. The number of nitrogens with one attached hydrogen (secondary N) is 1. The summed E-state index contributed by atoms with van der Waals surface area (Å²) in [5.74, 6) is 1.88. The van der Waals surface area contributed by atoms with Gasteiger partial charge in [0.05, 0.1) is 0 Å². The van der Waals surface area contributed by atoms with Crippen molar-refractivity contribution in [1.29, 1.82) is 0 Å². The van der Waals surface area contributed by atoms with Gasteiger partial charge in [-0.2, -0.15) is 0 Å². The molecule has 2 aliphatic rings. The molecule has 2 aliphatic carbocycles. The highest BCUT2D eigenvalue weighted by Crippen LogP contribution is 2.29. The molecule has 2 fully saturated rings. The molecule has 3 atom stereocenters. The fourth-order valence-corrected chi connectivity index (χ4v) is 3.50. The van der Waals surface area contributed by atoms with Gasteiger partial charge in [0.2, 0.25) is 0 Å². The van der Waals surface area contributed by atoms with Gasteiger partial charge >= 0.3 is 0 Å². The minimum atomic E-state index is 0.760. The molecule has 0 aromatic carbocycles. The summed E-state index contributed by atoms with van der Waals surface area (Å²) in [5.41, 5.74) is 0. The molecule has 1 nitrogen and oxygen atoms in total. The Kier molecular flexibility index (Phi) is 4.07. The maximum absolute atomic E-state index is 3.90. The Labute approximate surface area is 95.0 Å². The summed E-state index contributed by atoms with van der Waals surface area (Å²) in [5, 5.41) is 3.90. The van der Waals surface area contributed by atoms with Gasteiger partial charge in [-0.15, -0.1) is 0 Å². The van der Waals surface area contributed by atoms with Crippen molar-refractivity contribution in [3.8, 4) is 0 Å². The number of hydrogen-bond acceptors (Lipinski definition) is 1. The quantitative estimate of drug-likeness (QED) is 0.747. The van der Waals surface area contributed by atoms with Crippen LogP contribution in [-0.2, 0) is 0 Å². The third kappa shape index (κ3) is 2.96. The molecule has 2 unspecified atom stereocenters. The van der Waals surface area contributed by atoms with E-state index in [0.29, 0.717) is 0 Å². The summed E-state index contributed by atoms with van der Waals surface area (Å²) in [6.07, 6.45) is 11.6. The topological polar surface area (TPSA) is 12.0 Å². The molecule has 1 heteroatoms. The second kappa shape index (κ2) is 5.34. The molecule has 88 valence electrons. The van der Waals surface area contributed by atoms with E-state index < -0.39 is 0 Å². The lowest BCUT2D eigenvalue weighted by atomic mass is 9.84. The van der Waals surface area contributed by atoms with Gasteiger partial charge in [0.1, 0.15) is 0 Å². The second-order valence-corrected chi connectivity index (χ2v) is 5.87. The first-order valence-corrected chi connectivity index (χ1v) is 7.03. The third-order valence-corrected chi connectivity index (χ3v) is 4.70. The SMILES string of the molecule is CC1CCCC1N[C@H](C)C1CCCCC1. The molecular weight excluding hydrogens is 182 g/mol. The molecule has 15 heavy (non-hydrogen) atoms. The lowest BCUT2D eigenvalue weighted by Crippen LogP contribution is -2.42. The van der Waals surface area contributed by atoms with Crippen LogP contribution in [0.1, 0.15) is 65.2 Å². The average Bonchev–Trinajstić information content (AvgIpc) is 2.66. The minimum Gasteiger partial charge on any atom is -0.311 e. The predicted octanol–water partition coefficient (Wildman–Crippen LogP) is 3.73. The average molecular weight is 209 g/mol. The second-order valence-electron chi connectivity index (χ2n) is 5.87. The van der Waals surface area contributed by atoms with Gasteiger partial charge in [0.25, 0.3) is 0 Å². The van der Waals surface area contributed by atoms with E-state index in [2.05, 4.69) is 19.2 Å². The van der Waals surface area contributed by atoms with E-state index in [1.54, 1.807) is 0 Å². The lowest BCUT2D eigenvalue weighted by Gasteiger charge is -2.31. The van der Waals surface area contributed by atoms with Gasteiger partial charge in [-0.25, -0.2) is 0 Å². The summed E-state index contributed by atoms with van der Waals surface area (Å²) < 4.78 is 0. The van der Waals surface area contributed by atoms with Crippen LogP contribution >= 0.6 is 0 Å². The zero-order chi connectivity index (χ0) is 10.7. The van der Waals surface area contributed by atoms with E-state index in [-0.39, 0.29) is 0 Å². The van der Waals surface area contributed by atoms with Gasteiger partial charge in [-0.3, -0.25) is 0 Å². The van der Waals surface area contributed by atoms with Crippen molar-refractivity contribution >= 4 is 0 Å². The van der Waals surface area contributed by atoms with Gasteiger partial charge in [0.15, 0.2) is 0 Å². The van der Waals surface area contributed by atoms with Gasteiger partial charge in [-0.1, -0.05) is 32.6 Å². The smallest absolute Gasteiger partial charge is 0.00952 e. The summed E-state index contributed by atoms with van der Waals surface area (Å²) in [6, 6.07) is 1.58. The van der Waals surface area contributed by atoms with Gasteiger partial charge in [0, 0.05) is 12.1 Å². The lowest BCUT2D eigenvalue weighted by molar-refractivity contribution is 0.251. The van der Waals surface area contributed by atoms with Crippen LogP contribution in [0, 0.1) is 11.8 Å². The van der Waals surface area contributed by atoms with Crippen molar-refractivity contribution in [3.05, 3.63) is 0 Å². The molecule has 0 aromatic rings. The molecular formula is C14H27N. The monoisotopic (exact) mass is 209 g/mol. The summed E-state index contributed by atoms with van der Waals surface area (Å²) >= 11 is 0. The minimum absolute atomic E-state index is 0.760. The normalized spacial score (nSPS) is 35.6. The van der Waals surface area contributed by atoms with E-state index in [4.69, 9.17) is 0 Å². The largest absolute Gasteiger partial charge is 0.311 e. The Morgan fingerprint density at radius 3 is 2.27 bits per heavy atom. The Bertz CT molecular complexity index is 184. The first-order valence-electron chi connectivity index (χ1n) is 7.03. The molecule has 2 rings (SSSR count). The Morgan fingerprint density at radius 2 is 1.67 bits per heavy atom. The van der Waals surface area contributed by atoms with Crippen LogP contribution in [0.25, 0.3) is 0 Å². The van der Waals surface area contributed by atoms with Crippen LogP contribution in [0.3, 0.4) is 0 Å². The van der Waals surface area contributed by atoms with E-state index in [1.807, 2.05) is 0 Å². The predicted molar refractivity (Wildman–Crippen MR) is 66.0 cm³/mol. The van der Waals surface area contributed by atoms with Crippen LogP contribution < -0.4 is 5.32 Å². The third-order valence-electron chi connectivity index (χ3n) is 4.70. The van der Waals surface area contributed by atoms with Crippen LogP contribution in [0.4, 0.5) is 0 Å². The Balaban J connectivity index is 1.77. The molecule has 1 N–H and O–H groups in total. The highest BCUT2D eigenvalue weighted by molar-refractivity contribution is 4.85. The standard InChI is InChI=1S/C14H27N/c1-11-7-6-10-14(11)15-12(2)13-8-4-3-5-9-13/h11-15H,3-10H2,1-2H3/t11?,12-,14?/m1/s1. The number of rotatable bonds is 3. The Morgan fingerprint density at radius 1 is 0.933 bits per heavy atom. The molecule has 0 amide bonds. The van der Waals surface area contributed by atoms with Gasteiger partial charge in [-0.05, 0) is 44.4 Å². The fourth-order valence-electron chi connectivity index (χ4n) is 3.50. The van der Waals surface area contributed by atoms with Gasteiger partial charge < -0.3 is 5.32 Å². The van der Waals surface area contributed by atoms with Crippen LogP contribution in [-0.4, -0.2) is 12.1 Å². The van der Waals surface area contributed by atoms with E-state index >= 15 is 0 Å².